The number of carboxylic acids is 1. The molecule has 1 aromatic carbocycles. The quantitative estimate of drug-likeness (QED) is 0.767. The van der Waals surface area contributed by atoms with Gasteiger partial charge in [-0.15, -0.1) is 0 Å². The van der Waals surface area contributed by atoms with Crippen molar-refractivity contribution in [1.82, 2.24) is 15.5 Å². The Morgan fingerprint density at radius 1 is 1.42 bits per heavy atom. The number of carbonyl (C=O) groups is 2. The van der Waals surface area contributed by atoms with Gasteiger partial charge in [0.25, 0.3) is 5.91 Å². The van der Waals surface area contributed by atoms with E-state index in [1.807, 2.05) is 6.07 Å². The van der Waals surface area contributed by atoms with Crippen molar-refractivity contribution in [3.63, 3.8) is 0 Å². The summed E-state index contributed by atoms with van der Waals surface area (Å²) in [5.74, 6) is -1.12. The summed E-state index contributed by atoms with van der Waals surface area (Å²) in [7, 11) is 0. The number of fused-ring (bicyclic) bond motifs is 1. The third-order valence-electron chi connectivity index (χ3n) is 3.62. The molecule has 0 saturated heterocycles. The molecule has 0 aliphatic heterocycles. The zero-order chi connectivity index (χ0) is 13.5. The average Bonchev–Trinajstić information content (AvgIpc) is 3.05. The average molecular weight is 259 g/mol. The van der Waals surface area contributed by atoms with Crippen molar-refractivity contribution in [2.45, 2.75) is 12.8 Å². The Morgan fingerprint density at radius 3 is 2.89 bits per heavy atom. The second-order valence-corrected chi connectivity index (χ2v) is 4.91. The predicted octanol–water partition coefficient (Wildman–Crippen LogP) is 1.16. The lowest BCUT2D eigenvalue weighted by Crippen LogP contribution is -2.34. The van der Waals surface area contributed by atoms with Crippen molar-refractivity contribution in [3.8, 4) is 0 Å². The minimum atomic E-state index is -0.840. The van der Waals surface area contributed by atoms with Crippen molar-refractivity contribution in [3.05, 3.63) is 30.0 Å². The number of H-pyrrole nitrogens is 1. The normalized spacial score (nSPS) is 16.2. The van der Waals surface area contributed by atoms with E-state index in [2.05, 4.69) is 15.5 Å². The van der Waals surface area contributed by atoms with E-state index in [-0.39, 0.29) is 12.5 Å². The first-order valence-electron chi connectivity index (χ1n) is 6.06. The van der Waals surface area contributed by atoms with Gasteiger partial charge >= 0.3 is 5.97 Å². The molecule has 1 fully saturated rings. The lowest BCUT2D eigenvalue weighted by Gasteiger charge is -2.11. The maximum absolute atomic E-state index is 12.1. The number of para-hydroxylation sites is 1. The largest absolute Gasteiger partial charge is 0.481 e. The summed E-state index contributed by atoms with van der Waals surface area (Å²) >= 11 is 0. The van der Waals surface area contributed by atoms with E-state index in [1.165, 1.54) is 0 Å². The fourth-order valence-electron chi connectivity index (χ4n) is 2.12. The molecule has 0 bridgehead atoms. The molecule has 1 saturated carbocycles. The van der Waals surface area contributed by atoms with E-state index in [4.69, 9.17) is 5.11 Å². The van der Waals surface area contributed by atoms with Crippen LogP contribution in [-0.2, 0) is 4.79 Å². The van der Waals surface area contributed by atoms with Crippen LogP contribution >= 0.6 is 0 Å². The topological polar surface area (TPSA) is 95.1 Å². The molecule has 3 N–H and O–H groups in total. The van der Waals surface area contributed by atoms with Gasteiger partial charge in [-0.1, -0.05) is 12.1 Å². The molecule has 19 heavy (non-hydrogen) atoms. The molecule has 3 rings (SSSR count). The summed E-state index contributed by atoms with van der Waals surface area (Å²) in [5, 5.41) is 19.3. The third kappa shape index (κ3) is 1.95. The molecule has 0 unspecified atom stereocenters. The molecule has 6 nitrogen and oxygen atoms in total. The van der Waals surface area contributed by atoms with Crippen molar-refractivity contribution < 1.29 is 14.7 Å². The molecular formula is C13H13N3O3. The summed E-state index contributed by atoms with van der Waals surface area (Å²) in [6, 6.07) is 5.32. The molecule has 1 aliphatic carbocycles. The van der Waals surface area contributed by atoms with E-state index in [1.54, 1.807) is 18.3 Å². The highest BCUT2D eigenvalue weighted by Gasteiger charge is 2.50. The van der Waals surface area contributed by atoms with Crippen LogP contribution in [0.3, 0.4) is 0 Å². The summed E-state index contributed by atoms with van der Waals surface area (Å²) < 4.78 is 0. The molecule has 1 aliphatic rings. The first kappa shape index (κ1) is 11.7. The number of aliphatic carboxylic acids is 1. The van der Waals surface area contributed by atoms with Crippen molar-refractivity contribution in [2.24, 2.45) is 5.41 Å². The highest BCUT2D eigenvalue weighted by atomic mass is 16.4. The second-order valence-electron chi connectivity index (χ2n) is 4.91. The van der Waals surface area contributed by atoms with E-state index in [0.717, 1.165) is 5.39 Å². The Balaban J connectivity index is 1.78. The first-order valence-corrected chi connectivity index (χ1v) is 6.06. The van der Waals surface area contributed by atoms with Crippen LogP contribution in [0, 0.1) is 5.41 Å². The number of hydrogen-bond acceptors (Lipinski definition) is 3. The van der Waals surface area contributed by atoms with E-state index < -0.39 is 11.4 Å². The molecule has 1 aromatic heterocycles. The summed E-state index contributed by atoms with van der Waals surface area (Å²) in [5.41, 5.74) is 0.397. The third-order valence-corrected chi connectivity index (χ3v) is 3.62. The molecule has 0 spiro atoms. The number of carbonyl (C=O) groups excluding carboxylic acids is 1. The highest BCUT2D eigenvalue weighted by Crippen LogP contribution is 2.45. The number of aromatic nitrogens is 2. The fraction of sp³-hybridized carbons (Fsp3) is 0.308. The monoisotopic (exact) mass is 259 g/mol. The van der Waals surface area contributed by atoms with Crippen molar-refractivity contribution in [1.29, 1.82) is 0 Å². The Labute approximate surface area is 108 Å². The lowest BCUT2D eigenvalue weighted by atomic mass is 10.1. The number of amides is 1. The SMILES string of the molecule is O=C(NCC1(C(=O)O)CC1)c1cccc2cn[nH]c12. The smallest absolute Gasteiger partial charge is 0.311 e. The predicted molar refractivity (Wildman–Crippen MR) is 67.7 cm³/mol. The molecule has 6 heteroatoms. The van der Waals surface area contributed by atoms with Gasteiger partial charge < -0.3 is 10.4 Å². The van der Waals surface area contributed by atoms with Gasteiger partial charge in [0.2, 0.25) is 0 Å². The zero-order valence-corrected chi connectivity index (χ0v) is 10.1. The molecule has 1 amide bonds. The molecule has 98 valence electrons. The maximum atomic E-state index is 12.1. The van der Waals surface area contributed by atoms with Crippen molar-refractivity contribution >= 4 is 22.8 Å². The van der Waals surface area contributed by atoms with Crippen LogP contribution in [0.25, 0.3) is 10.9 Å². The van der Waals surface area contributed by atoms with Gasteiger partial charge in [0, 0.05) is 11.9 Å². The second kappa shape index (κ2) is 4.08. The number of rotatable bonds is 4. The van der Waals surface area contributed by atoms with Gasteiger partial charge in [-0.05, 0) is 18.9 Å². The molecular weight excluding hydrogens is 246 g/mol. The van der Waals surface area contributed by atoms with Gasteiger partial charge in [0.1, 0.15) is 0 Å². The number of carboxylic acid groups (broad SMARTS) is 1. The number of hydrogen-bond donors (Lipinski definition) is 3. The number of nitrogens with one attached hydrogen (secondary N) is 2. The maximum Gasteiger partial charge on any atom is 0.311 e. The molecule has 1 heterocycles. The van der Waals surface area contributed by atoms with Crippen LogP contribution in [0.5, 0.6) is 0 Å². The number of nitrogens with zero attached hydrogens (tertiary/aromatic N) is 1. The van der Waals surface area contributed by atoms with Gasteiger partial charge in [-0.25, -0.2) is 0 Å². The van der Waals surface area contributed by atoms with Gasteiger partial charge in [0.05, 0.1) is 22.7 Å². The van der Waals surface area contributed by atoms with Gasteiger partial charge in [-0.3, -0.25) is 14.7 Å². The Kier molecular flexibility index (Phi) is 2.51. The van der Waals surface area contributed by atoms with Crippen LogP contribution in [0.15, 0.2) is 24.4 Å². The van der Waals surface area contributed by atoms with Crippen LogP contribution < -0.4 is 5.32 Å². The Hall–Kier alpha value is -2.37. The standard InChI is InChI=1S/C13H13N3O3/c17-11(14-7-13(4-5-13)12(18)19)9-3-1-2-8-6-15-16-10(8)9/h1-3,6H,4-5,7H2,(H,14,17)(H,15,16)(H,18,19). The summed E-state index contributed by atoms with van der Waals surface area (Å²) in [6.45, 7) is 0.172. The summed E-state index contributed by atoms with van der Waals surface area (Å²) in [4.78, 5) is 23.1. The highest BCUT2D eigenvalue weighted by molar-refractivity contribution is 6.05. The first-order chi connectivity index (χ1) is 9.12. The van der Waals surface area contributed by atoms with Crippen LogP contribution in [0.1, 0.15) is 23.2 Å². The molecule has 2 aromatic rings. The van der Waals surface area contributed by atoms with E-state index in [9.17, 15) is 9.59 Å². The minimum absolute atomic E-state index is 0.172. The zero-order valence-electron chi connectivity index (χ0n) is 10.1. The van der Waals surface area contributed by atoms with E-state index >= 15 is 0 Å². The lowest BCUT2D eigenvalue weighted by molar-refractivity contribution is -0.143. The number of aromatic amines is 1. The van der Waals surface area contributed by atoms with Gasteiger partial charge in [-0.2, -0.15) is 5.10 Å². The number of benzene rings is 1. The van der Waals surface area contributed by atoms with Crippen LogP contribution in [0.4, 0.5) is 0 Å². The van der Waals surface area contributed by atoms with Crippen molar-refractivity contribution in [2.75, 3.05) is 6.54 Å². The summed E-state index contributed by atoms with van der Waals surface area (Å²) in [6.07, 6.45) is 2.89. The Bertz CT molecular complexity index is 658. The van der Waals surface area contributed by atoms with Crippen LogP contribution in [-0.4, -0.2) is 33.7 Å². The Morgan fingerprint density at radius 2 is 2.21 bits per heavy atom. The minimum Gasteiger partial charge on any atom is -0.481 e. The molecule has 0 radical (unpaired) electrons. The van der Waals surface area contributed by atoms with Gasteiger partial charge in [0.15, 0.2) is 0 Å². The van der Waals surface area contributed by atoms with E-state index in [0.29, 0.717) is 23.9 Å². The van der Waals surface area contributed by atoms with Crippen LogP contribution in [0.2, 0.25) is 0 Å². The fourth-order valence-corrected chi connectivity index (χ4v) is 2.12. The molecule has 0 atom stereocenters.